The fourth-order valence-corrected chi connectivity index (χ4v) is 2.76. The van der Waals surface area contributed by atoms with E-state index < -0.39 is 18.2 Å². The number of amides is 1. The van der Waals surface area contributed by atoms with Gasteiger partial charge in [-0.1, -0.05) is 44.2 Å². The Bertz CT molecular complexity index is 503. The number of nitrogens with one attached hydrogen (secondary N) is 2. The molecule has 0 saturated carbocycles. The summed E-state index contributed by atoms with van der Waals surface area (Å²) in [6.07, 6.45) is -0.143. The Balaban J connectivity index is 1.91. The number of aliphatic hydroxyl groups excluding tert-OH is 1. The van der Waals surface area contributed by atoms with Gasteiger partial charge in [0.15, 0.2) is 0 Å². The molecule has 1 amide bonds. The molecule has 2 rings (SSSR count). The van der Waals surface area contributed by atoms with Crippen molar-refractivity contribution < 1.29 is 19.4 Å². The maximum absolute atomic E-state index is 12.2. The van der Waals surface area contributed by atoms with Crippen molar-refractivity contribution in [3.8, 4) is 0 Å². The number of ether oxygens (including phenoxy) is 2. The van der Waals surface area contributed by atoms with E-state index in [-0.39, 0.29) is 6.10 Å². The second-order valence-corrected chi connectivity index (χ2v) is 6.95. The average molecular weight is 350 g/mol. The molecule has 1 fully saturated rings. The molecule has 1 aromatic rings. The molecule has 6 heteroatoms. The summed E-state index contributed by atoms with van der Waals surface area (Å²) in [4.78, 5) is 12.2. The van der Waals surface area contributed by atoms with Gasteiger partial charge in [0.1, 0.15) is 6.10 Å². The third kappa shape index (κ3) is 7.42. The van der Waals surface area contributed by atoms with Crippen LogP contribution < -0.4 is 10.6 Å². The van der Waals surface area contributed by atoms with Crippen molar-refractivity contribution in [2.24, 2.45) is 5.92 Å². The predicted molar refractivity (Wildman–Crippen MR) is 96.5 cm³/mol. The van der Waals surface area contributed by atoms with E-state index in [2.05, 4.69) is 24.5 Å². The van der Waals surface area contributed by atoms with Crippen LogP contribution in [0.5, 0.6) is 0 Å². The smallest absolute Gasteiger partial charge is 0.407 e. The molecule has 0 aliphatic carbocycles. The van der Waals surface area contributed by atoms with Crippen LogP contribution in [-0.2, 0) is 15.9 Å². The Morgan fingerprint density at radius 3 is 2.72 bits per heavy atom. The van der Waals surface area contributed by atoms with E-state index >= 15 is 0 Å². The van der Waals surface area contributed by atoms with Crippen molar-refractivity contribution in [1.82, 2.24) is 10.6 Å². The van der Waals surface area contributed by atoms with Gasteiger partial charge >= 0.3 is 6.09 Å². The van der Waals surface area contributed by atoms with Crippen molar-refractivity contribution in [1.29, 1.82) is 0 Å². The minimum atomic E-state index is -0.702. The molecule has 25 heavy (non-hydrogen) atoms. The van der Waals surface area contributed by atoms with Crippen molar-refractivity contribution in [2.75, 3.05) is 26.3 Å². The molecule has 1 heterocycles. The molecule has 140 valence electrons. The number of hydrogen-bond donors (Lipinski definition) is 3. The molecule has 3 atom stereocenters. The summed E-state index contributed by atoms with van der Waals surface area (Å²) >= 11 is 0. The molecule has 1 aliphatic heterocycles. The number of alkyl carbamates (subject to hydrolysis) is 1. The van der Waals surface area contributed by atoms with Gasteiger partial charge in [-0.2, -0.15) is 0 Å². The third-order valence-electron chi connectivity index (χ3n) is 4.13. The molecule has 0 bridgehead atoms. The summed E-state index contributed by atoms with van der Waals surface area (Å²) in [6, 6.07) is 9.39. The number of rotatable bonds is 9. The first kappa shape index (κ1) is 19.7. The minimum absolute atomic E-state index is 0.200. The van der Waals surface area contributed by atoms with Crippen LogP contribution in [0.3, 0.4) is 0 Å². The quantitative estimate of drug-likeness (QED) is 0.632. The fraction of sp³-hybridized carbons (Fsp3) is 0.632. The number of carbonyl (C=O) groups is 1. The van der Waals surface area contributed by atoms with E-state index in [1.165, 1.54) is 0 Å². The maximum atomic E-state index is 12.2. The largest absolute Gasteiger partial charge is 0.444 e. The van der Waals surface area contributed by atoms with Crippen LogP contribution in [0.4, 0.5) is 4.79 Å². The highest BCUT2D eigenvalue weighted by Crippen LogP contribution is 2.10. The summed E-state index contributed by atoms with van der Waals surface area (Å²) in [5.74, 6) is 0.500. The zero-order valence-corrected chi connectivity index (χ0v) is 15.1. The van der Waals surface area contributed by atoms with Gasteiger partial charge in [-0.15, -0.1) is 0 Å². The molecule has 6 nitrogen and oxygen atoms in total. The van der Waals surface area contributed by atoms with E-state index in [1.54, 1.807) is 0 Å². The van der Waals surface area contributed by atoms with Crippen molar-refractivity contribution in [3.63, 3.8) is 0 Å². The first-order valence-electron chi connectivity index (χ1n) is 9.02. The molecule has 1 aromatic carbocycles. The topological polar surface area (TPSA) is 79.8 Å². The molecular formula is C19H30N2O4. The van der Waals surface area contributed by atoms with Crippen LogP contribution >= 0.6 is 0 Å². The van der Waals surface area contributed by atoms with Gasteiger partial charge in [0, 0.05) is 13.0 Å². The van der Waals surface area contributed by atoms with E-state index in [9.17, 15) is 9.90 Å². The minimum Gasteiger partial charge on any atom is -0.444 e. The predicted octanol–water partition coefficient (Wildman–Crippen LogP) is 1.72. The summed E-state index contributed by atoms with van der Waals surface area (Å²) in [6.45, 7) is 6.52. The molecule has 0 radical (unpaired) electrons. The van der Waals surface area contributed by atoms with E-state index in [4.69, 9.17) is 9.47 Å². The number of benzene rings is 1. The molecule has 0 aromatic heterocycles. The molecule has 3 N–H and O–H groups in total. The Morgan fingerprint density at radius 2 is 2.08 bits per heavy atom. The highest BCUT2D eigenvalue weighted by molar-refractivity contribution is 5.68. The van der Waals surface area contributed by atoms with Gasteiger partial charge in [-0.25, -0.2) is 4.79 Å². The second-order valence-electron chi connectivity index (χ2n) is 6.95. The highest BCUT2D eigenvalue weighted by atomic mass is 16.6. The van der Waals surface area contributed by atoms with Crippen LogP contribution in [0.1, 0.15) is 25.8 Å². The van der Waals surface area contributed by atoms with Crippen molar-refractivity contribution in [2.45, 2.75) is 44.9 Å². The SMILES string of the molecule is CC(C)CNCC(O)C(Cc1ccccc1)NC(=O)O[C@H]1CCOC1. The second kappa shape index (κ2) is 10.4. The lowest BCUT2D eigenvalue weighted by molar-refractivity contribution is 0.0688. The lowest BCUT2D eigenvalue weighted by Gasteiger charge is -2.25. The number of hydrogen-bond acceptors (Lipinski definition) is 5. The molecule has 1 saturated heterocycles. The zero-order valence-electron chi connectivity index (χ0n) is 15.1. The van der Waals surface area contributed by atoms with Crippen molar-refractivity contribution >= 4 is 6.09 Å². The summed E-state index contributed by atoms with van der Waals surface area (Å²) < 4.78 is 10.6. The molecule has 1 aliphatic rings. The normalized spacial score (nSPS) is 19.6. The molecule has 2 unspecified atom stereocenters. The average Bonchev–Trinajstić information content (AvgIpc) is 3.07. The van der Waals surface area contributed by atoms with E-state index in [0.29, 0.717) is 32.1 Å². The van der Waals surface area contributed by atoms with Gasteiger partial charge in [0.05, 0.1) is 25.4 Å². The van der Waals surface area contributed by atoms with Crippen LogP contribution in [0.15, 0.2) is 30.3 Å². The molecule has 0 spiro atoms. The number of carbonyl (C=O) groups excluding carboxylic acids is 1. The van der Waals surface area contributed by atoms with Gasteiger partial charge in [-0.3, -0.25) is 0 Å². The Kier molecular flexibility index (Phi) is 8.18. The standard InChI is InChI=1S/C19H30N2O4/c1-14(2)11-20-12-18(22)17(10-15-6-4-3-5-7-15)21-19(23)25-16-8-9-24-13-16/h3-7,14,16-18,20,22H,8-13H2,1-2H3,(H,21,23)/t16-,17?,18?/m0/s1. The van der Waals surface area contributed by atoms with E-state index in [0.717, 1.165) is 18.5 Å². The fourth-order valence-electron chi connectivity index (χ4n) is 2.76. The Morgan fingerprint density at radius 1 is 1.32 bits per heavy atom. The Hall–Kier alpha value is -1.63. The summed E-state index contributed by atoms with van der Waals surface area (Å²) in [5.41, 5.74) is 1.06. The lowest BCUT2D eigenvalue weighted by Crippen LogP contribution is -2.49. The van der Waals surface area contributed by atoms with Crippen LogP contribution in [0, 0.1) is 5.92 Å². The first-order valence-corrected chi connectivity index (χ1v) is 9.02. The highest BCUT2D eigenvalue weighted by Gasteiger charge is 2.25. The number of aliphatic hydroxyl groups is 1. The Labute approximate surface area is 149 Å². The van der Waals surface area contributed by atoms with Gasteiger partial charge in [-0.05, 0) is 24.4 Å². The summed E-state index contributed by atoms with van der Waals surface area (Å²) in [5, 5.41) is 16.6. The van der Waals surface area contributed by atoms with Gasteiger partial charge in [0.2, 0.25) is 0 Å². The van der Waals surface area contributed by atoms with Gasteiger partial charge < -0.3 is 25.2 Å². The first-order chi connectivity index (χ1) is 12.0. The lowest BCUT2D eigenvalue weighted by atomic mass is 10.0. The van der Waals surface area contributed by atoms with E-state index in [1.807, 2.05) is 30.3 Å². The van der Waals surface area contributed by atoms with Gasteiger partial charge in [0.25, 0.3) is 0 Å². The monoisotopic (exact) mass is 350 g/mol. The van der Waals surface area contributed by atoms with Crippen LogP contribution in [0.2, 0.25) is 0 Å². The van der Waals surface area contributed by atoms with Crippen molar-refractivity contribution in [3.05, 3.63) is 35.9 Å². The maximum Gasteiger partial charge on any atom is 0.407 e. The zero-order chi connectivity index (χ0) is 18.1. The van der Waals surface area contributed by atoms with Crippen LogP contribution in [-0.4, -0.2) is 55.8 Å². The van der Waals surface area contributed by atoms with Crippen LogP contribution in [0.25, 0.3) is 0 Å². The summed E-state index contributed by atoms with van der Waals surface area (Å²) in [7, 11) is 0. The molecular weight excluding hydrogens is 320 g/mol. The third-order valence-corrected chi connectivity index (χ3v) is 4.13.